The molecule has 2 aliphatic rings. The Morgan fingerprint density at radius 2 is 1.87 bits per heavy atom. The lowest BCUT2D eigenvalue weighted by molar-refractivity contribution is -0.131. The van der Waals surface area contributed by atoms with Crippen molar-refractivity contribution in [3.8, 4) is 11.5 Å². The summed E-state index contributed by atoms with van der Waals surface area (Å²) in [4.78, 5) is 31.7. The summed E-state index contributed by atoms with van der Waals surface area (Å²) in [6.45, 7) is 1.38. The van der Waals surface area contributed by atoms with Gasteiger partial charge in [0.05, 0.1) is 27.0 Å². The molecule has 0 spiro atoms. The second kappa shape index (κ2) is 10.7. The predicted octanol–water partition coefficient (Wildman–Crippen LogP) is 5.46. The number of carbonyl (C=O) groups is 1. The first-order valence-corrected chi connectivity index (χ1v) is 15.3. The standard InChI is InChI=1S/C30H22I2N2O4S/c1-16(35)38-28-18(13-19(31)15-23(28)32)14-25-29(36)34-27(21-9-5-6-10-24(21)37-2)22-12-11-17-7-3-4-8-20(17)26(22)33-30(34)39-25/h3-10,13-15,27H,11-12H2,1-2H3/b25-14+/t27-/m1/s1. The zero-order chi connectivity index (χ0) is 27.3. The van der Waals surface area contributed by atoms with E-state index < -0.39 is 5.97 Å². The summed E-state index contributed by atoms with van der Waals surface area (Å²) in [5, 5.41) is 0. The van der Waals surface area contributed by atoms with Crippen LogP contribution in [0.2, 0.25) is 0 Å². The van der Waals surface area contributed by atoms with Gasteiger partial charge in [0.1, 0.15) is 5.75 Å². The van der Waals surface area contributed by atoms with Crippen LogP contribution in [0.25, 0.3) is 11.8 Å². The van der Waals surface area contributed by atoms with Gasteiger partial charge in [0.25, 0.3) is 5.56 Å². The first-order chi connectivity index (χ1) is 18.9. The topological polar surface area (TPSA) is 69.9 Å². The SMILES string of the molecule is COc1ccccc1[C@@H]1C2=C(N=c3s/c(=C/c4cc(I)cc(I)c4OC(C)=O)c(=O)n31)c1ccccc1CC2. The van der Waals surface area contributed by atoms with Gasteiger partial charge in [0.15, 0.2) is 10.6 Å². The van der Waals surface area contributed by atoms with Crippen LogP contribution in [0, 0.1) is 7.14 Å². The molecule has 4 aromatic rings. The van der Waals surface area contributed by atoms with E-state index in [0.29, 0.717) is 20.6 Å². The molecule has 0 amide bonds. The third-order valence-electron chi connectivity index (χ3n) is 6.88. The van der Waals surface area contributed by atoms with Gasteiger partial charge in [-0.05, 0) is 93.4 Å². The molecular formula is C30H22I2N2O4S. The molecule has 0 bridgehead atoms. The second-order valence-electron chi connectivity index (χ2n) is 9.26. The van der Waals surface area contributed by atoms with Crippen molar-refractivity contribution in [1.29, 1.82) is 0 Å². The Hall–Kier alpha value is -2.77. The largest absolute Gasteiger partial charge is 0.496 e. The first kappa shape index (κ1) is 26.5. The Morgan fingerprint density at radius 3 is 2.67 bits per heavy atom. The number of hydrogen-bond acceptors (Lipinski definition) is 6. The van der Waals surface area contributed by atoms with Gasteiger partial charge in [-0.3, -0.25) is 14.2 Å². The highest BCUT2D eigenvalue weighted by Crippen LogP contribution is 2.43. The first-order valence-electron chi connectivity index (χ1n) is 12.3. The third-order valence-corrected chi connectivity index (χ3v) is 9.28. The Kier molecular flexibility index (Phi) is 7.23. The van der Waals surface area contributed by atoms with Crippen molar-refractivity contribution in [3.63, 3.8) is 0 Å². The molecule has 1 aromatic heterocycles. The minimum absolute atomic E-state index is 0.136. The third kappa shape index (κ3) is 4.78. The van der Waals surface area contributed by atoms with Gasteiger partial charge in [0, 0.05) is 27.2 Å². The number of methoxy groups -OCH3 is 1. The molecule has 39 heavy (non-hydrogen) atoms. The molecule has 0 saturated heterocycles. The summed E-state index contributed by atoms with van der Waals surface area (Å²) in [5.74, 6) is 0.769. The van der Waals surface area contributed by atoms with E-state index >= 15 is 0 Å². The molecule has 9 heteroatoms. The molecule has 3 aromatic carbocycles. The maximum atomic E-state index is 14.1. The molecular weight excluding hydrogens is 738 g/mol. The Balaban J connectivity index is 1.64. The fraction of sp³-hybridized carbons (Fsp3) is 0.167. The smallest absolute Gasteiger partial charge is 0.308 e. The number of rotatable bonds is 4. The molecule has 0 fully saturated rings. The molecule has 196 valence electrons. The van der Waals surface area contributed by atoms with Gasteiger partial charge in [-0.2, -0.15) is 0 Å². The zero-order valence-corrected chi connectivity index (χ0v) is 26.2. The number of fused-ring (bicyclic) bond motifs is 3. The van der Waals surface area contributed by atoms with Crippen LogP contribution >= 0.6 is 56.5 Å². The molecule has 1 aliphatic carbocycles. The van der Waals surface area contributed by atoms with E-state index in [1.807, 2.05) is 48.5 Å². The van der Waals surface area contributed by atoms with Crippen LogP contribution < -0.4 is 24.4 Å². The van der Waals surface area contributed by atoms with E-state index in [-0.39, 0.29) is 11.6 Å². The quantitative estimate of drug-likeness (QED) is 0.158. The van der Waals surface area contributed by atoms with E-state index in [2.05, 4.69) is 63.4 Å². The van der Waals surface area contributed by atoms with Crippen LogP contribution in [-0.2, 0) is 11.2 Å². The molecule has 2 heterocycles. The number of halogens is 2. The van der Waals surface area contributed by atoms with Gasteiger partial charge < -0.3 is 9.47 Å². The van der Waals surface area contributed by atoms with Gasteiger partial charge in [-0.25, -0.2) is 4.99 Å². The molecule has 1 aliphatic heterocycles. The lowest BCUT2D eigenvalue weighted by atomic mass is 9.83. The van der Waals surface area contributed by atoms with Crippen molar-refractivity contribution in [2.24, 2.45) is 4.99 Å². The van der Waals surface area contributed by atoms with E-state index in [0.717, 1.165) is 48.1 Å². The minimum atomic E-state index is -0.409. The highest BCUT2D eigenvalue weighted by Gasteiger charge is 2.34. The van der Waals surface area contributed by atoms with Crippen LogP contribution in [0.5, 0.6) is 11.5 Å². The van der Waals surface area contributed by atoms with E-state index in [1.54, 1.807) is 11.7 Å². The number of esters is 1. The summed E-state index contributed by atoms with van der Waals surface area (Å²) in [5.41, 5.74) is 5.89. The lowest BCUT2D eigenvalue weighted by Crippen LogP contribution is -2.39. The van der Waals surface area contributed by atoms with Crippen LogP contribution in [0.15, 0.2) is 76.0 Å². The van der Waals surface area contributed by atoms with E-state index in [1.165, 1.54) is 23.8 Å². The second-order valence-corrected chi connectivity index (χ2v) is 12.7. The number of allylic oxidation sites excluding steroid dienone is 1. The summed E-state index contributed by atoms with van der Waals surface area (Å²) in [6.07, 6.45) is 3.49. The fourth-order valence-corrected chi connectivity index (χ4v) is 8.26. The molecule has 0 radical (unpaired) electrons. The minimum Gasteiger partial charge on any atom is -0.496 e. The van der Waals surface area contributed by atoms with Crippen molar-refractivity contribution in [1.82, 2.24) is 4.57 Å². The van der Waals surface area contributed by atoms with Crippen molar-refractivity contribution >= 4 is 74.3 Å². The van der Waals surface area contributed by atoms with Crippen molar-refractivity contribution in [2.45, 2.75) is 25.8 Å². The molecule has 6 nitrogen and oxygen atoms in total. The number of para-hydroxylation sites is 1. The average Bonchev–Trinajstić information content (AvgIpc) is 3.23. The van der Waals surface area contributed by atoms with E-state index in [4.69, 9.17) is 14.5 Å². The monoisotopic (exact) mass is 760 g/mol. The Bertz CT molecular complexity index is 1870. The average molecular weight is 760 g/mol. The number of aromatic nitrogens is 1. The summed E-state index contributed by atoms with van der Waals surface area (Å²) in [7, 11) is 1.66. The van der Waals surface area contributed by atoms with E-state index in [9.17, 15) is 9.59 Å². The molecule has 0 unspecified atom stereocenters. The number of hydrogen-bond donors (Lipinski definition) is 0. The molecule has 0 saturated carbocycles. The number of benzene rings is 3. The Morgan fingerprint density at radius 1 is 1.10 bits per heavy atom. The summed E-state index contributed by atoms with van der Waals surface area (Å²) < 4.78 is 15.4. The normalized spacial score (nSPS) is 16.2. The van der Waals surface area contributed by atoms with Crippen molar-refractivity contribution in [2.75, 3.05) is 7.11 Å². The number of aryl methyl sites for hydroxylation is 1. The summed E-state index contributed by atoms with van der Waals surface area (Å²) in [6, 6.07) is 19.7. The highest BCUT2D eigenvalue weighted by molar-refractivity contribution is 14.1. The van der Waals surface area contributed by atoms with Crippen LogP contribution in [-0.4, -0.2) is 17.6 Å². The highest BCUT2D eigenvalue weighted by atomic mass is 127. The van der Waals surface area contributed by atoms with Crippen molar-refractivity contribution < 1.29 is 14.3 Å². The lowest BCUT2D eigenvalue weighted by Gasteiger charge is -2.31. The van der Waals surface area contributed by atoms with Crippen LogP contribution in [0.1, 0.15) is 41.6 Å². The van der Waals surface area contributed by atoms with Gasteiger partial charge in [-0.15, -0.1) is 0 Å². The van der Waals surface area contributed by atoms with Crippen LogP contribution in [0.4, 0.5) is 0 Å². The van der Waals surface area contributed by atoms with Gasteiger partial charge in [-0.1, -0.05) is 53.8 Å². The fourth-order valence-electron chi connectivity index (χ4n) is 5.27. The summed E-state index contributed by atoms with van der Waals surface area (Å²) >= 11 is 5.73. The van der Waals surface area contributed by atoms with Gasteiger partial charge in [0.2, 0.25) is 0 Å². The number of ether oxygens (including phenoxy) is 2. The van der Waals surface area contributed by atoms with Crippen LogP contribution in [0.3, 0.4) is 0 Å². The van der Waals surface area contributed by atoms with Crippen molar-refractivity contribution in [3.05, 3.63) is 115 Å². The molecule has 0 N–H and O–H groups in total. The van der Waals surface area contributed by atoms with Gasteiger partial charge >= 0.3 is 5.97 Å². The Labute approximate surface area is 256 Å². The number of nitrogens with zero attached hydrogens (tertiary/aromatic N) is 2. The number of thiazole rings is 1. The maximum absolute atomic E-state index is 14.1. The molecule has 6 rings (SSSR count). The maximum Gasteiger partial charge on any atom is 0.308 e. The molecule has 1 atom stereocenters. The number of carbonyl (C=O) groups excluding carboxylic acids is 1. The predicted molar refractivity (Wildman–Crippen MR) is 169 cm³/mol. The zero-order valence-electron chi connectivity index (χ0n) is 21.0.